The van der Waals surface area contributed by atoms with E-state index in [0.717, 1.165) is 0 Å². The summed E-state index contributed by atoms with van der Waals surface area (Å²) in [4.78, 5) is 21.5. The van der Waals surface area contributed by atoms with E-state index in [-0.39, 0.29) is 6.54 Å². The summed E-state index contributed by atoms with van der Waals surface area (Å²) in [5, 5.41) is 7.77. The number of alkyl carbamates (subject to hydrolysis) is 1. The molecule has 0 fully saturated rings. The first-order valence-electron chi connectivity index (χ1n) is 7.85. The molecule has 0 bridgehead atoms. The Balaban J connectivity index is 0.000000260. The van der Waals surface area contributed by atoms with Gasteiger partial charge >= 0.3 is 12.1 Å². The number of aryl methyl sites for hydroxylation is 2. The van der Waals surface area contributed by atoms with Crippen molar-refractivity contribution in [2.24, 2.45) is 0 Å². The summed E-state index contributed by atoms with van der Waals surface area (Å²) in [5.41, 5.74) is 3.25. The number of esters is 1. The van der Waals surface area contributed by atoms with Gasteiger partial charge in [0, 0.05) is 35.7 Å². The van der Waals surface area contributed by atoms with E-state index in [4.69, 9.17) is 4.74 Å². The number of halogens is 1. The highest BCUT2D eigenvalue weighted by Crippen LogP contribution is 2.26. The van der Waals surface area contributed by atoms with Crippen LogP contribution in [0.4, 0.5) is 4.79 Å². The van der Waals surface area contributed by atoms with E-state index in [0.29, 0.717) is 0 Å². The quantitative estimate of drug-likeness (QED) is 0.511. The second-order valence-corrected chi connectivity index (χ2v) is 8.20. The number of hydrogen-bond acceptors (Lipinski definition) is 6. The number of aromatic nitrogens is 2. The summed E-state index contributed by atoms with van der Waals surface area (Å²) in [6, 6.07) is 4.35. The molecule has 0 spiro atoms. The first-order valence-corrected chi connectivity index (χ1v) is 11.2. The van der Waals surface area contributed by atoms with Crippen LogP contribution in [0.2, 0.25) is 0 Å². The molecule has 0 unspecified atom stereocenters. The molecule has 144 valence electrons. The van der Waals surface area contributed by atoms with Crippen LogP contribution in [-0.2, 0) is 14.3 Å². The highest BCUT2D eigenvalue weighted by atomic mass is 127. The van der Waals surface area contributed by atoms with Crippen LogP contribution < -0.4 is 5.32 Å². The Morgan fingerprint density at radius 1 is 1.31 bits per heavy atom. The van der Waals surface area contributed by atoms with Gasteiger partial charge in [0.05, 0.1) is 18.8 Å². The van der Waals surface area contributed by atoms with Crippen LogP contribution in [0, 0.1) is 13.8 Å². The van der Waals surface area contributed by atoms with Gasteiger partial charge in [-0.15, -0.1) is 0 Å². The van der Waals surface area contributed by atoms with Crippen molar-refractivity contribution in [2.45, 2.75) is 40.2 Å². The number of ether oxygens (including phenoxy) is 2. The van der Waals surface area contributed by atoms with Gasteiger partial charge in [0.25, 0.3) is 0 Å². The standard InChI is InChI=1S/C9H9IN2S.C8H15NO4/c1-6-3-7(2)9-8(4-6)5-11-12(9)13-10;1-8(2,3)13-7(11)9-5-6(10)12-4/h3-5H,1-2H3;5H2,1-4H3,(H,9,11). The molecule has 1 heterocycles. The number of methoxy groups -OCH3 is 1. The van der Waals surface area contributed by atoms with Crippen molar-refractivity contribution in [3.63, 3.8) is 0 Å². The number of hydrogen-bond donors (Lipinski definition) is 1. The van der Waals surface area contributed by atoms with E-state index in [1.807, 2.05) is 10.3 Å². The molecule has 0 saturated carbocycles. The Labute approximate surface area is 169 Å². The van der Waals surface area contributed by atoms with Gasteiger partial charge in [-0.25, -0.2) is 4.79 Å². The molecule has 7 nitrogen and oxygen atoms in total. The van der Waals surface area contributed by atoms with Crippen molar-refractivity contribution in [1.82, 2.24) is 14.5 Å². The van der Waals surface area contributed by atoms with Gasteiger partial charge in [-0.05, 0) is 46.2 Å². The second-order valence-electron chi connectivity index (χ2n) is 6.54. The Hall–Kier alpha value is -1.49. The third-order valence-corrected chi connectivity index (χ3v) is 4.56. The van der Waals surface area contributed by atoms with Crippen LogP contribution >= 0.6 is 30.3 Å². The smallest absolute Gasteiger partial charge is 0.408 e. The minimum absolute atomic E-state index is 0.175. The molecule has 1 amide bonds. The lowest BCUT2D eigenvalue weighted by atomic mass is 10.1. The van der Waals surface area contributed by atoms with Crippen molar-refractivity contribution < 1.29 is 19.1 Å². The van der Waals surface area contributed by atoms with Crippen LogP contribution in [-0.4, -0.2) is 40.5 Å². The summed E-state index contributed by atoms with van der Waals surface area (Å²) >= 11 is 2.24. The number of rotatable bonds is 3. The Morgan fingerprint density at radius 2 is 1.96 bits per heavy atom. The summed E-state index contributed by atoms with van der Waals surface area (Å²) < 4.78 is 11.1. The molecule has 0 atom stereocenters. The van der Waals surface area contributed by atoms with Gasteiger partial charge < -0.3 is 14.8 Å². The predicted octanol–water partition coefficient (Wildman–Crippen LogP) is 4.18. The van der Waals surface area contributed by atoms with Gasteiger partial charge in [0.2, 0.25) is 0 Å². The summed E-state index contributed by atoms with van der Waals surface area (Å²) in [6.07, 6.45) is 1.29. The lowest BCUT2D eigenvalue weighted by Gasteiger charge is -2.19. The molecule has 2 rings (SSSR count). The van der Waals surface area contributed by atoms with Crippen molar-refractivity contribution in [3.8, 4) is 0 Å². The molecule has 1 aromatic heterocycles. The zero-order valence-electron chi connectivity index (χ0n) is 15.8. The minimum Gasteiger partial charge on any atom is -0.468 e. The molecule has 0 aliphatic carbocycles. The first-order chi connectivity index (χ1) is 12.1. The van der Waals surface area contributed by atoms with Crippen LogP contribution in [0.1, 0.15) is 31.9 Å². The fourth-order valence-corrected chi connectivity index (χ4v) is 3.41. The van der Waals surface area contributed by atoms with E-state index >= 15 is 0 Å². The summed E-state index contributed by atoms with van der Waals surface area (Å²) in [5.74, 6) is -0.508. The maximum Gasteiger partial charge on any atom is 0.408 e. The molecule has 9 heteroatoms. The van der Waals surface area contributed by atoms with Gasteiger partial charge in [-0.3, -0.25) is 4.79 Å². The van der Waals surface area contributed by atoms with Crippen LogP contribution in [0.5, 0.6) is 0 Å². The Bertz CT molecular complexity index is 771. The predicted molar refractivity (Wildman–Crippen MR) is 112 cm³/mol. The molecule has 1 N–H and O–H groups in total. The molecule has 0 radical (unpaired) electrons. The summed E-state index contributed by atoms with van der Waals surface area (Å²) in [7, 11) is 2.85. The third kappa shape index (κ3) is 7.40. The minimum atomic E-state index is -0.627. The van der Waals surface area contributed by atoms with E-state index in [1.54, 1.807) is 29.9 Å². The number of carbonyl (C=O) groups excluding carboxylic acids is 2. The van der Waals surface area contributed by atoms with Gasteiger partial charge in [0.15, 0.2) is 0 Å². The number of carbonyl (C=O) groups is 2. The fraction of sp³-hybridized carbons (Fsp3) is 0.471. The second kappa shape index (κ2) is 10.0. The average Bonchev–Trinajstić information content (AvgIpc) is 2.94. The third-order valence-electron chi connectivity index (χ3n) is 3.04. The molecule has 2 aromatic rings. The van der Waals surface area contributed by atoms with Crippen molar-refractivity contribution in [3.05, 3.63) is 29.5 Å². The number of fused-ring (bicyclic) bond motifs is 1. The van der Waals surface area contributed by atoms with Gasteiger partial charge in [-0.1, -0.05) is 11.6 Å². The SMILES string of the molecule is COC(=O)CNC(=O)OC(C)(C)C.Cc1cc(C)c2c(cnn2SI)c1. The lowest BCUT2D eigenvalue weighted by molar-refractivity contribution is -0.139. The highest BCUT2D eigenvalue weighted by Gasteiger charge is 2.16. The van der Waals surface area contributed by atoms with E-state index < -0.39 is 17.7 Å². The zero-order chi connectivity index (χ0) is 19.9. The number of amides is 1. The maximum atomic E-state index is 10.9. The highest BCUT2D eigenvalue weighted by molar-refractivity contribution is 14.2. The number of nitrogens with one attached hydrogen (secondary N) is 1. The Morgan fingerprint density at radius 3 is 2.50 bits per heavy atom. The number of nitrogens with zero attached hydrogens (tertiary/aromatic N) is 2. The van der Waals surface area contributed by atoms with Crippen molar-refractivity contribution >= 4 is 53.3 Å². The monoisotopic (exact) mass is 493 g/mol. The van der Waals surface area contributed by atoms with Crippen molar-refractivity contribution in [1.29, 1.82) is 0 Å². The van der Waals surface area contributed by atoms with E-state index in [2.05, 4.69) is 62.3 Å². The van der Waals surface area contributed by atoms with Crippen molar-refractivity contribution in [2.75, 3.05) is 13.7 Å². The van der Waals surface area contributed by atoms with Gasteiger partial charge in [0.1, 0.15) is 12.1 Å². The molecule has 0 aliphatic heterocycles. The Kier molecular flexibility index (Phi) is 8.68. The van der Waals surface area contributed by atoms with Gasteiger partial charge in [-0.2, -0.15) is 9.19 Å². The fourth-order valence-electron chi connectivity index (χ4n) is 2.11. The normalized spacial score (nSPS) is 10.7. The molecular weight excluding hydrogens is 469 g/mol. The van der Waals surface area contributed by atoms with Crippen LogP contribution in [0.25, 0.3) is 10.9 Å². The topological polar surface area (TPSA) is 82.4 Å². The zero-order valence-corrected chi connectivity index (χ0v) is 18.7. The van der Waals surface area contributed by atoms with E-state index in [1.165, 1.54) is 29.1 Å². The largest absolute Gasteiger partial charge is 0.468 e. The molecular formula is C17H24IN3O4S. The molecule has 0 saturated heterocycles. The average molecular weight is 493 g/mol. The maximum absolute atomic E-state index is 10.9. The van der Waals surface area contributed by atoms with Crippen LogP contribution in [0.15, 0.2) is 18.3 Å². The molecule has 0 aliphatic rings. The van der Waals surface area contributed by atoms with Crippen LogP contribution in [0.3, 0.4) is 0 Å². The molecule has 26 heavy (non-hydrogen) atoms. The molecule has 1 aromatic carbocycles. The first kappa shape index (κ1) is 22.6. The summed E-state index contributed by atoms with van der Waals surface area (Å²) in [6.45, 7) is 9.28. The number of benzene rings is 1. The lowest BCUT2D eigenvalue weighted by Crippen LogP contribution is -2.35. The van der Waals surface area contributed by atoms with E-state index in [9.17, 15) is 9.59 Å².